The van der Waals surface area contributed by atoms with Crippen LogP contribution < -0.4 is 0 Å². The molecule has 0 spiro atoms. The van der Waals surface area contributed by atoms with Gasteiger partial charge in [0, 0.05) is 19.3 Å². The van der Waals surface area contributed by atoms with Crippen LogP contribution in [0.25, 0.3) is 0 Å². The maximum absolute atomic E-state index is 12.9. The number of ether oxygens (including phenoxy) is 3. The third-order valence-corrected chi connectivity index (χ3v) is 12.3. The first-order valence-corrected chi connectivity index (χ1v) is 29.2. The van der Waals surface area contributed by atoms with Gasteiger partial charge in [-0.1, -0.05) is 246 Å². The third kappa shape index (κ3) is 55.3. The minimum Gasteiger partial charge on any atom is -0.462 e. The van der Waals surface area contributed by atoms with E-state index in [0.29, 0.717) is 19.3 Å². The summed E-state index contributed by atoms with van der Waals surface area (Å²) in [6, 6.07) is 0. The van der Waals surface area contributed by atoms with E-state index in [1.165, 1.54) is 109 Å². The van der Waals surface area contributed by atoms with Crippen LogP contribution in [0.3, 0.4) is 0 Å². The Morgan fingerprint density at radius 2 is 0.557 bits per heavy atom. The number of hydrogen-bond donors (Lipinski definition) is 0. The maximum Gasteiger partial charge on any atom is 0.306 e. The van der Waals surface area contributed by atoms with Gasteiger partial charge in [0.25, 0.3) is 0 Å². The van der Waals surface area contributed by atoms with Crippen LogP contribution >= 0.6 is 0 Å². The Bertz CT molecular complexity index is 1400. The van der Waals surface area contributed by atoms with Crippen LogP contribution in [-0.2, 0) is 28.6 Å². The molecular weight excluding hydrogens is 865 g/mol. The van der Waals surface area contributed by atoms with Gasteiger partial charge >= 0.3 is 17.9 Å². The number of hydrogen-bond acceptors (Lipinski definition) is 6. The smallest absolute Gasteiger partial charge is 0.306 e. The minimum atomic E-state index is -0.792. The second-order valence-corrected chi connectivity index (χ2v) is 19.2. The van der Waals surface area contributed by atoms with E-state index < -0.39 is 6.10 Å². The van der Waals surface area contributed by atoms with Crippen LogP contribution in [0.5, 0.6) is 0 Å². The summed E-state index contributed by atoms with van der Waals surface area (Å²) in [4.78, 5) is 38.1. The Hall–Kier alpha value is -3.67. The lowest BCUT2D eigenvalue weighted by atomic mass is 10.1. The van der Waals surface area contributed by atoms with E-state index in [2.05, 4.69) is 118 Å². The lowest BCUT2D eigenvalue weighted by Crippen LogP contribution is -2.30. The van der Waals surface area contributed by atoms with Crippen molar-refractivity contribution in [2.45, 2.75) is 277 Å². The van der Waals surface area contributed by atoms with Crippen molar-refractivity contribution in [3.8, 4) is 0 Å². The molecular formula is C64H108O6. The van der Waals surface area contributed by atoms with Gasteiger partial charge in [0.2, 0.25) is 0 Å². The molecule has 0 aliphatic carbocycles. The number of carbonyl (C=O) groups is 3. The lowest BCUT2D eigenvalue weighted by Gasteiger charge is -2.18. The molecule has 0 rings (SSSR count). The molecule has 1 unspecified atom stereocenters. The van der Waals surface area contributed by atoms with E-state index in [-0.39, 0.29) is 31.1 Å². The van der Waals surface area contributed by atoms with Crippen LogP contribution in [0.15, 0.2) is 97.2 Å². The Balaban J connectivity index is 4.40. The van der Waals surface area contributed by atoms with Crippen LogP contribution in [0, 0.1) is 0 Å². The highest BCUT2D eigenvalue weighted by Gasteiger charge is 2.19. The van der Waals surface area contributed by atoms with E-state index in [1.54, 1.807) is 0 Å². The van der Waals surface area contributed by atoms with Crippen LogP contribution in [-0.4, -0.2) is 37.2 Å². The molecule has 400 valence electrons. The molecule has 0 saturated heterocycles. The Kier molecular flexibility index (Phi) is 54.9. The summed E-state index contributed by atoms with van der Waals surface area (Å²) < 4.78 is 16.8. The summed E-state index contributed by atoms with van der Waals surface area (Å²) in [6.07, 6.45) is 76.8. The van der Waals surface area contributed by atoms with Crippen molar-refractivity contribution in [1.82, 2.24) is 0 Å². The van der Waals surface area contributed by atoms with Crippen molar-refractivity contribution in [3.63, 3.8) is 0 Å². The zero-order valence-corrected chi connectivity index (χ0v) is 45.8. The van der Waals surface area contributed by atoms with Gasteiger partial charge < -0.3 is 14.2 Å². The number of allylic oxidation sites excluding steroid dienone is 16. The topological polar surface area (TPSA) is 78.9 Å². The molecule has 1 atom stereocenters. The minimum absolute atomic E-state index is 0.0878. The van der Waals surface area contributed by atoms with Crippen molar-refractivity contribution in [2.75, 3.05) is 13.2 Å². The molecule has 0 aliphatic rings. The molecule has 6 heteroatoms. The predicted octanol–water partition coefficient (Wildman–Crippen LogP) is 19.7. The van der Waals surface area contributed by atoms with E-state index in [1.807, 2.05) is 0 Å². The number of unbranched alkanes of at least 4 members (excludes halogenated alkanes) is 25. The molecule has 0 fully saturated rings. The largest absolute Gasteiger partial charge is 0.462 e. The fourth-order valence-electron chi connectivity index (χ4n) is 7.95. The third-order valence-electron chi connectivity index (χ3n) is 12.3. The van der Waals surface area contributed by atoms with Crippen LogP contribution in [0.1, 0.15) is 271 Å². The average Bonchev–Trinajstić information content (AvgIpc) is 3.36. The van der Waals surface area contributed by atoms with Crippen molar-refractivity contribution in [3.05, 3.63) is 97.2 Å². The van der Waals surface area contributed by atoms with Crippen molar-refractivity contribution in [2.24, 2.45) is 0 Å². The molecule has 0 heterocycles. The molecule has 6 nitrogen and oxygen atoms in total. The first-order chi connectivity index (χ1) is 34.5. The van der Waals surface area contributed by atoms with Gasteiger partial charge in [-0.25, -0.2) is 0 Å². The van der Waals surface area contributed by atoms with Gasteiger partial charge in [-0.3, -0.25) is 14.4 Å². The van der Waals surface area contributed by atoms with E-state index >= 15 is 0 Å². The van der Waals surface area contributed by atoms with Crippen LogP contribution in [0.4, 0.5) is 0 Å². The Morgan fingerprint density at radius 3 is 0.886 bits per heavy atom. The summed E-state index contributed by atoms with van der Waals surface area (Å²) >= 11 is 0. The molecule has 0 radical (unpaired) electrons. The monoisotopic (exact) mass is 973 g/mol. The molecule has 0 amide bonds. The van der Waals surface area contributed by atoms with Gasteiger partial charge in [0.05, 0.1) is 0 Å². The molecule has 0 aromatic carbocycles. The van der Waals surface area contributed by atoms with Gasteiger partial charge in [-0.15, -0.1) is 0 Å². The maximum atomic E-state index is 12.9. The van der Waals surface area contributed by atoms with E-state index in [0.717, 1.165) is 122 Å². The van der Waals surface area contributed by atoms with Crippen molar-refractivity contribution >= 4 is 17.9 Å². The quantitative estimate of drug-likeness (QED) is 0.0262. The zero-order chi connectivity index (χ0) is 50.7. The first kappa shape index (κ1) is 66.3. The van der Waals surface area contributed by atoms with Crippen molar-refractivity contribution in [1.29, 1.82) is 0 Å². The van der Waals surface area contributed by atoms with Crippen molar-refractivity contribution < 1.29 is 28.6 Å². The Labute approximate surface area is 432 Å². The van der Waals surface area contributed by atoms with Gasteiger partial charge in [0.15, 0.2) is 6.10 Å². The second-order valence-electron chi connectivity index (χ2n) is 19.2. The summed E-state index contributed by atoms with van der Waals surface area (Å²) in [7, 11) is 0. The fraction of sp³-hybridized carbons (Fsp3) is 0.703. The number of rotatable bonds is 52. The zero-order valence-electron chi connectivity index (χ0n) is 45.8. The molecule has 0 bridgehead atoms. The normalized spacial score (nSPS) is 12.8. The van der Waals surface area contributed by atoms with E-state index in [9.17, 15) is 14.4 Å². The van der Waals surface area contributed by atoms with Gasteiger partial charge in [-0.05, 0) is 103 Å². The fourth-order valence-corrected chi connectivity index (χ4v) is 7.95. The highest BCUT2D eigenvalue weighted by molar-refractivity contribution is 5.71. The number of carbonyl (C=O) groups excluding carboxylic acids is 3. The molecule has 70 heavy (non-hydrogen) atoms. The summed E-state index contributed by atoms with van der Waals surface area (Å²) in [5.74, 6) is -0.918. The summed E-state index contributed by atoms with van der Waals surface area (Å²) in [6.45, 7) is 6.48. The molecule has 0 aromatic rings. The highest BCUT2D eigenvalue weighted by atomic mass is 16.6. The standard InChI is InChI=1S/C64H108O6/c1-4-7-10-13-16-19-22-24-26-28-30-31-32-33-34-36-37-39-42-45-48-51-54-57-63(66)69-60-61(59-68-62(65)56-53-50-47-44-41-21-18-15-12-9-6-3)70-64(67)58-55-52-49-46-43-40-38-35-29-27-25-23-20-17-14-11-8-5-2/h7,10,16,19-20,23-24,26-27,29-31,33-34,37,39,61H,4-6,8-9,11-15,17-18,21-22,25,28,32,35-36,38,40-60H2,1-3H3/b10-7-,19-16-,23-20-,26-24-,29-27-,31-30-,34-33-,39-37-. The van der Waals surface area contributed by atoms with E-state index in [4.69, 9.17) is 14.2 Å². The summed E-state index contributed by atoms with van der Waals surface area (Å²) in [5.41, 5.74) is 0. The average molecular weight is 974 g/mol. The number of esters is 3. The van der Waals surface area contributed by atoms with Crippen LogP contribution in [0.2, 0.25) is 0 Å². The van der Waals surface area contributed by atoms with Gasteiger partial charge in [0.1, 0.15) is 13.2 Å². The lowest BCUT2D eigenvalue weighted by molar-refractivity contribution is -0.167. The highest BCUT2D eigenvalue weighted by Crippen LogP contribution is 2.15. The second kappa shape index (κ2) is 57.9. The molecule has 0 aromatic heterocycles. The predicted molar refractivity (Wildman–Crippen MR) is 302 cm³/mol. The Morgan fingerprint density at radius 1 is 0.300 bits per heavy atom. The molecule has 0 N–H and O–H groups in total. The summed E-state index contributed by atoms with van der Waals surface area (Å²) in [5, 5.41) is 0. The molecule has 0 aliphatic heterocycles. The SMILES string of the molecule is CC/C=C\C/C=C\C/C=C\C/C=C\C/C=C\C/C=C\CCCCCCC(=O)OCC(COC(=O)CCCCCCCCCCCCC)OC(=O)CCCCCCCCC/C=C\C/C=C\CCCCCC. The van der Waals surface area contributed by atoms with Gasteiger partial charge in [-0.2, -0.15) is 0 Å². The molecule has 0 saturated carbocycles. The first-order valence-electron chi connectivity index (χ1n) is 29.2.